The number of rotatable bonds is 3. The SMILES string of the molecule is Cc1cn2cc(NC(=O)c3ccc(N4CCNC(C)C4)c4cn(C)nc34)nc(C)c2n1. The average Bonchev–Trinajstić information content (AvgIpc) is 3.28. The normalized spacial score (nSPS) is 16.9. The topological polar surface area (TPSA) is 92.4 Å². The third-order valence-corrected chi connectivity index (χ3v) is 5.69. The molecule has 4 aromatic rings. The molecular weight excluding hydrogens is 392 g/mol. The van der Waals surface area contributed by atoms with Gasteiger partial charge in [0.05, 0.1) is 23.1 Å². The predicted octanol–water partition coefficient (Wildman–Crippen LogP) is 2.28. The molecule has 3 aromatic heterocycles. The molecule has 4 heterocycles. The Hall–Kier alpha value is -3.46. The van der Waals surface area contributed by atoms with E-state index in [0.717, 1.165) is 47.7 Å². The predicted molar refractivity (Wildman–Crippen MR) is 121 cm³/mol. The van der Waals surface area contributed by atoms with E-state index in [4.69, 9.17) is 0 Å². The van der Waals surface area contributed by atoms with Crippen molar-refractivity contribution < 1.29 is 4.79 Å². The van der Waals surface area contributed by atoms with Crippen LogP contribution < -0.4 is 15.5 Å². The average molecular weight is 419 g/mol. The molecule has 1 fully saturated rings. The molecule has 31 heavy (non-hydrogen) atoms. The molecule has 0 bridgehead atoms. The van der Waals surface area contributed by atoms with Gasteiger partial charge < -0.3 is 19.9 Å². The van der Waals surface area contributed by atoms with Crippen molar-refractivity contribution in [2.75, 3.05) is 29.9 Å². The lowest BCUT2D eigenvalue weighted by molar-refractivity contribution is 0.102. The Labute approximate surface area is 180 Å². The van der Waals surface area contributed by atoms with Gasteiger partial charge in [-0.05, 0) is 32.9 Å². The second-order valence-electron chi connectivity index (χ2n) is 8.28. The van der Waals surface area contributed by atoms with Gasteiger partial charge in [0.1, 0.15) is 11.3 Å². The van der Waals surface area contributed by atoms with Crippen molar-refractivity contribution in [1.29, 1.82) is 0 Å². The number of imidazole rings is 1. The number of carbonyl (C=O) groups excluding carboxylic acids is 1. The highest BCUT2D eigenvalue weighted by Crippen LogP contribution is 2.30. The van der Waals surface area contributed by atoms with Crippen LogP contribution in [0.2, 0.25) is 0 Å². The summed E-state index contributed by atoms with van der Waals surface area (Å²) < 4.78 is 3.65. The number of aromatic nitrogens is 5. The minimum absolute atomic E-state index is 0.230. The fourth-order valence-electron chi connectivity index (χ4n) is 4.33. The number of benzene rings is 1. The van der Waals surface area contributed by atoms with E-state index < -0.39 is 0 Å². The van der Waals surface area contributed by atoms with Gasteiger partial charge in [-0.1, -0.05) is 0 Å². The summed E-state index contributed by atoms with van der Waals surface area (Å²) in [4.78, 5) is 24.5. The van der Waals surface area contributed by atoms with Crippen molar-refractivity contribution in [2.24, 2.45) is 7.05 Å². The number of nitrogens with one attached hydrogen (secondary N) is 2. The highest BCUT2D eigenvalue weighted by atomic mass is 16.1. The summed E-state index contributed by atoms with van der Waals surface area (Å²) >= 11 is 0. The molecule has 5 rings (SSSR count). The Kier molecular flexibility index (Phi) is 4.62. The van der Waals surface area contributed by atoms with Gasteiger partial charge in [0, 0.05) is 56.2 Å². The summed E-state index contributed by atoms with van der Waals surface area (Å²) in [5, 5.41) is 12.0. The minimum Gasteiger partial charge on any atom is -0.368 e. The van der Waals surface area contributed by atoms with Crippen LogP contribution in [0.25, 0.3) is 16.6 Å². The highest BCUT2D eigenvalue weighted by Gasteiger charge is 2.22. The van der Waals surface area contributed by atoms with E-state index in [0.29, 0.717) is 22.9 Å². The first kappa shape index (κ1) is 19.5. The maximum atomic E-state index is 13.2. The maximum Gasteiger partial charge on any atom is 0.259 e. The Balaban J connectivity index is 1.50. The molecule has 0 spiro atoms. The van der Waals surface area contributed by atoms with Crippen LogP contribution in [0.3, 0.4) is 0 Å². The number of amides is 1. The lowest BCUT2D eigenvalue weighted by Crippen LogP contribution is -2.49. The summed E-state index contributed by atoms with van der Waals surface area (Å²) in [6, 6.07) is 4.30. The summed E-state index contributed by atoms with van der Waals surface area (Å²) in [6.07, 6.45) is 5.68. The third kappa shape index (κ3) is 3.50. The van der Waals surface area contributed by atoms with Crippen molar-refractivity contribution in [2.45, 2.75) is 26.8 Å². The molecule has 0 saturated carbocycles. The molecule has 160 valence electrons. The first-order valence-corrected chi connectivity index (χ1v) is 10.5. The lowest BCUT2D eigenvalue weighted by Gasteiger charge is -2.34. The van der Waals surface area contributed by atoms with Crippen LogP contribution in [0, 0.1) is 13.8 Å². The van der Waals surface area contributed by atoms with Crippen LogP contribution in [-0.2, 0) is 7.05 Å². The molecule has 2 N–H and O–H groups in total. The Morgan fingerprint density at radius 1 is 1.19 bits per heavy atom. The van der Waals surface area contributed by atoms with Crippen molar-refractivity contribution in [3.05, 3.63) is 47.7 Å². The molecule has 1 atom stereocenters. The number of hydrogen-bond acceptors (Lipinski definition) is 6. The fourth-order valence-corrected chi connectivity index (χ4v) is 4.33. The minimum atomic E-state index is -0.230. The van der Waals surface area contributed by atoms with Crippen LogP contribution in [0.1, 0.15) is 28.7 Å². The number of anilines is 2. The van der Waals surface area contributed by atoms with E-state index in [1.165, 1.54) is 0 Å². The zero-order valence-corrected chi connectivity index (χ0v) is 18.2. The van der Waals surface area contributed by atoms with E-state index in [9.17, 15) is 4.79 Å². The van der Waals surface area contributed by atoms with Crippen LogP contribution >= 0.6 is 0 Å². The Morgan fingerprint density at radius 2 is 2.03 bits per heavy atom. The fraction of sp³-hybridized carbons (Fsp3) is 0.364. The van der Waals surface area contributed by atoms with E-state index in [1.54, 1.807) is 10.9 Å². The number of aryl methyl sites for hydroxylation is 3. The third-order valence-electron chi connectivity index (χ3n) is 5.69. The van der Waals surface area contributed by atoms with Crippen molar-refractivity contribution in [1.82, 2.24) is 29.5 Å². The number of piperazine rings is 1. The number of fused-ring (bicyclic) bond motifs is 2. The number of hydrogen-bond donors (Lipinski definition) is 2. The van der Waals surface area contributed by atoms with Gasteiger partial charge in [-0.15, -0.1) is 0 Å². The highest BCUT2D eigenvalue weighted by molar-refractivity contribution is 6.13. The molecule has 9 nitrogen and oxygen atoms in total. The smallest absolute Gasteiger partial charge is 0.259 e. The Bertz CT molecular complexity index is 1300. The summed E-state index contributed by atoms with van der Waals surface area (Å²) in [7, 11) is 1.88. The van der Waals surface area contributed by atoms with Gasteiger partial charge in [-0.3, -0.25) is 9.48 Å². The summed E-state index contributed by atoms with van der Waals surface area (Å²) in [5.74, 6) is 0.253. The van der Waals surface area contributed by atoms with Gasteiger partial charge >= 0.3 is 0 Å². The van der Waals surface area contributed by atoms with Crippen LogP contribution in [0.4, 0.5) is 11.5 Å². The molecule has 0 radical (unpaired) electrons. The van der Waals surface area contributed by atoms with E-state index in [2.05, 4.69) is 37.5 Å². The molecule has 0 aliphatic carbocycles. The van der Waals surface area contributed by atoms with Crippen molar-refractivity contribution >= 4 is 34.0 Å². The van der Waals surface area contributed by atoms with E-state index in [-0.39, 0.29) is 5.91 Å². The van der Waals surface area contributed by atoms with Gasteiger partial charge in [0.15, 0.2) is 5.65 Å². The molecule has 1 amide bonds. The second kappa shape index (κ2) is 7.35. The molecule has 1 aliphatic rings. The van der Waals surface area contributed by atoms with Gasteiger partial charge in [-0.2, -0.15) is 5.10 Å². The van der Waals surface area contributed by atoms with Crippen molar-refractivity contribution in [3.8, 4) is 0 Å². The Morgan fingerprint density at radius 3 is 2.84 bits per heavy atom. The molecule has 1 aromatic carbocycles. The maximum absolute atomic E-state index is 13.2. The summed E-state index contributed by atoms with van der Waals surface area (Å²) in [5.41, 5.74) is 4.79. The van der Waals surface area contributed by atoms with Gasteiger partial charge in [0.25, 0.3) is 5.91 Å². The molecule has 1 unspecified atom stereocenters. The second-order valence-corrected chi connectivity index (χ2v) is 8.28. The lowest BCUT2D eigenvalue weighted by atomic mass is 10.1. The van der Waals surface area contributed by atoms with Gasteiger partial charge in [0.2, 0.25) is 0 Å². The monoisotopic (exact) mass is 418 g/mol. The van der Waals surface area contributed by atoms with Crippen LogP contribution in [0.15, 0.2) is 30.7 Å². The first-order chi connectivity index (χ1) is 14.9. The van der Waals surface area contributed by atoms with Gasteiger partial charge in [-0.25, -0.2) is 9.97 Å². The molecule has 9 heteroatoms. The molecule has 1 aliphatic heterocycles. The van der Waals surface area contributed by atoms with Crippen LogP contribution in [0.5, 0.6) is 0 Å². The first-order valence-electron chi connectivity index (χ1n) is 10.5. The quantitative estimate of drug-likeness (QED) is 0.530. The number of nitrogens with zero attached hydrogens (tertiary/aromatic N) is 6. The van der Waals surface area contributed by atoms with Crippen molar-refractivity contribution in [3.63, 3.8) is 0 Å². The summed E-state index contributed by atoms with van der Waals surface area (Å²) in [6.45, 7) is 8.78. The van der Waals surface area contributed by atoms with E-state index in [1.807, 2.05) is 49.8 Å². The molecule has 1 saturated heterocycles. The number of carbonyl (C=O) groups is 1. The standard InChI is InChI=1S/C22H26N8O/c1-13-9-29(8-7-23-13)18-6-5-16(20-17(18)11-28(4)27-20)22(31)26-19-12-30-10-14(2)24-21(30)15(3)25-19/h5-6,10-13,23H,7-9H2,1-4H3,(H,26,31). The van der Waals surface area contributed by atoms with E-state index >= 15 is 0 Å². The van der Waals surface area contributed by atoms with Crippen LogP contribution in [-0.4, -0.2) is 55.7 Å². The zero-order valence-electron chi connectivity index (χ0n) is 18.2. The zero-order chi connectivity index (χ0) is 21.7. The molecular formula is C22H26N8O. The largest absolute Gasteiger partial charge is 0.368 e.